The van der Waals surface area contributed by atoms with E-state index in [4.69, 9.17) is 0 Å². The van der Waals surface area contributed by atoms with Gasteiger partial charge in [0.25, 0.3) is 0 Å². The number of rotatable bonds is 2. The summed E-state index contributed by atoms with van der Waals surface area (Å²) in [6.45, 7) is 0. The first-order valence-corrected chi connectivity index (χ1v) is 6.06. The highest BCUT2D eigenvalue weighted by molar-refractivity contribution is 5.57. The fourth-order valence-electron chi connectivity index (χ4n) is 1.87. The summed E-state index contributed by atoms with van der Waals surface area (Å²) in [6.07, 6.45) is -1.52. The molecule has 0 radical (unpaired) electrons. The van der Waals surface area contributed by atoms with Crippen molar-refractivity contribution in [2.24, 2.45) is 0 Å². The van der Waals surface area contributed by atoms with Gasteiger partial charge in [0.1, 0.15) is 0 Å². The van der Waals surface area contributed by atoms with Crippen molar-refractivity contribution in [1.29, 1.82) is 0 Å². The van der Waals surface area contributed by atoms with Crippen LogP contribution < -0.4 is 0 Å². The molecule has 3 rings (SSSR count). The zero-order valence-corrected chi connectivity index (χ0v) is 10.6. The number of hydrogen-bond acceptors (Lipinski definition) is 3. The Morgan fingerprint density at radius 3 is 2.19 bits per heavy atom. The minimum Gasteiger partial charge on any atom is -0.255 e. The van der Waals surface area contributed by atoms with Gasteiger partial charge in [0.2, 0.25) is 0 Å². The van der Waals surface area contributed by atoms with Crippen LogP contribution in [0.4, 0.5) is 13.2 Å². The van der Waals surface area contributed by atoms with E-state index in [2.05, 4.69) is 15.1 Å². The van der Waals surface area contributed by atoms with Gasteiger partial charge in [-0.1, -0.05) is 12.1 Å². The lowest BCUT2D eigenvalue weighted by atomic mass is 10.2. The lowest BCUT2D eigenvalue weighted by molar-refractivity contribution is -0.141. The molecule has 0 aliphatic heterocycles. The maximum Gasteiger partial charge on any atom is 0.435 e. The maximum absolute atomic E-state index is 12.9. The summed E-state index contributed by atoms with van der Waals surface area (Å²) in [5.74, 6) is 0.300. The Kier molecular flexibility index (Phi) is 3.17. The van der Waals surface area contributed by atoms with Gasteiger partial charge < -0.3 is 0 Å². The predicted octanol–water partition coefficient (Wildman–Crippen LogP) is 3.35. The minimum atomic E-state index is -4.52. The van der Waals surface area contributed by atoms with Crippen LogP contribution in [0.15, 0.2) is 54.9 Å². The lowest BCUT2D eigenvalue weighted by Gasteiger charge is -2.05. The van der Waals surface area contributed by atoms with E-state index in [1.54, 1.807) is 36.4 Å². The van der Waals surface area contributed by atoms with E-state index >= 15 is 0 Å². The van der Waals surface area contributed by atoms with Crippen molar-refractivity contribution in [2.75, 3.05) is 0 Å². The van der Waals surface area contributed by atoms with E-state index in [0.717, 1.165) is 10.7 Å². The highest BCUT2D eigenvalue weighted by Crippen LogP contribution is 2.32. The zero-order chi connectivity index (χ0) is 14.9. The van der Waals surface area contributed by atoms with E-state index < -0.39 is 11.9 Å². The van der Waals surface area contributed by atoms with E-state index in [9.17, 15) is 13.2 Å². The molecular formula is C14H9F3N4. The molecule has 0 saturated carbocycles. The van der Waals surface area contributed by atoms with Crippen LogP contribution in [-0.4, -0.2) is 19.7 Å². The Morgan fingerprint density at radius 1 is 0.905 bits per heavy atom. The van der Waals surface area contributed by atoms with Crippen molar-refractivity contribution in [1.82, 2.24) is 19.7 Å². The Labute approximate surface area is 117 Å². The summed E-state index contributed by atoms with van der Waals surface area (Å²) >= 11 is 0. The summed E-state index contributed by atoms with van der Waals surface area (Å²) in [6, 6.07) is 10.9. The van der Waals surface area contributed by atoms with E-state index in [1.807, 2.05) is 0 Å². The highest BCUT2D eigenvalue weighted by atomic mass is 19.4. The third-order valence-electron chi connectivity index (χ3n) is 2.79. The average molecular weight is 290 g/mol. The molecule has 106 valence electrons. The fourth-order valence-corrected chi connectivity index (χ4v) is 1.87. The molecule has 0 fully saturated rings. The Balaban J connectivity index is 2.20. The third kappa shape index (κ3) is 2.62. The number of halogens is 3. The van der Waals surface area contributed by atoms with E-state index in [1.165, 1.54) is 12.4 Å². The Hall–Kier alpha value is -2.70. The van der Waals surface area contributed by atoms with Crippen molar-refractivity contribution in [3.63, 3.8) is 0 Å². The molecule has 0 bridgehead atoms. The molecule has 21 heavy (non-hydrogen) atoms. The summed E-state index contributed by atoms with van der Waals surface area (Å²) in [5.41, 5.74) is -0.346. The first-order valence-electron chi connectivity index (χ1n) is 6.06. The van der Waals surface area contributed by atoms with Gasteiger partial charge in [-0.15, -0.1) is 0 Å². The average Bonchev–Trinajstić information content (AvgIpc) is 2.94. The van der Waals surface area contributed by atoms with Gasteiger partial charge >= 0.3 is 6.18 Å². The topological polar surface area (TPSA) is 43.6 Å². The first-order chi connectivity index (χ1) is 10.1. The van der Waals surface area contributed by atoms with Crippen LogP contribution in [0.25, 0.3) is 17.2 Å². The molecule has 3 heterocycles. The van der Waals surface area contributed by atoms with Crippen molar-refractivity contribution in [3.8, 4) is 17.2 Å². The molecule has 0 unspecified atom stereocenters. The second-order valence-electron chi connectivity index (χ2n) is 4.23. The summed E-state index contributed by atoms with van der Waals surface area (Å²) < 4.78 is 39.8. The van der Waals surface area contributed by atoms with E-state index in [0.29, 0.717) is 11.5 Å². The number of pyridine rings is 2. The van der Waals surface area contributed by atoms with Gasteiger partial charge in [-0.3, -0.25) is 4.98 Å². The smallest absolute Gasteiger partial charge is 0.255 e. The van der Waals surface area contributed by atoms with Crippen molar-refractivity contribution < 1.29 is 13.2 Å². The number of nitrogens with zero attached hydrogens (tertiary/aromatic N) is 4. The van der Waals surface area contributed by atoms with Gasteiger partial charge in [-0.25, -0.2) is 9.67 Å². The SMILES string of the molecule is FC(F)(F)c1cc(-c2ccccn2)n(-c2ccccn2)n1. The molecule has 0 atom stereocenters. The maximum atomic E-state index is 12.9. The Morgan fingerprint density at radius 2 is 1.62 bits per heavy atom. The number of hydrogen-bond donors (Lipinski definition) is 0. The molecule has 4 nitrogen and oxygen atoms in total. The minimum absolute atomic E-state index is 0.238. The summed E-state index contributed by atoms with van der Waals surface area (Å²) in [5, 5.41) is 3.62. The van der Waals surface area contributed by atoms with Crippen LogP contribution in [-0.2, 0) is 6.18 Å². The van der Waals surface area contributed by atoms with Crippen LogP contribution in [0.5, 0.6) is 0 Å². The largest absolute Gasteiger partial charge is 0.435 e. The van der Waals surface area contributed by atoms with Gasteiger partial charge in [0, 0.05) is 12.4 Å². The van der Waals surface area contributed by atoms with Crippen LogP contribution in [0.2, 0.25) is 0 Å². The molecular weight excluding hydrogens is 281 g/mol. The first kappa shape index (κ1) is 13.3. The van der Waals surface area contributed by atoms with Crippen LogP contribution in [0, 0.1) is 0 Å². The lowest BCUT2D eigenvalue weighted by Crippen LogP contribution is -2.08. The fraction of sp³-hybridized carbons (Fsp3) is 0.0714. The molecule has 3 aromatic heterocycles. The number of aromatic nitrogens is 4. The molecule has 3 aromatic rings. The monoisotopic (exact) mass is 290 g/mol. The summed E-state index contributed by atoms with van der Waals surface area (Å²) in [4.78, 5) is 8.11. The van der Waals surface area contributed by atoms with Crippen molar-refractivity contribution >= 4 is 0 Å². The normalized spacial score (nSPS) is 11.6. The van der Waals surface area contributed by atoms with Crippen molar-refractivity contribution in [2.45, 2.75) is 6.18 Å². The van der Waals surface area contributed by atoms with Crippen LogP contribution in [0.1, 0.15) is 5.69 Å². The molecule has 0 spiro atoms. The van der Waals surface area contributed by atoms with E-state index in [-0.39, 0.29) is 5.69 Å². The second kappa shape index (κ2) is 5.01. The molecule has 0 aromatic carbocycles. The quantitative estimate of drug-likeness (QED) is 0.727. The molecule has 0 N–H and O–H groups in total. The number of alkyl halides is 3. The molecule has 7 heteroatoms. The van der Waals surface area contributed by atoms with Gasteiger partial charge in [0.15, 0.2) is 11.5 Å². The van der Waals surface area contributed by atoms with Gasteiger partial charge in [-0.2, -0.15) is 18.3 Å². The predicted molar refractivity (Wildman–Crippen MR) is 69.6 cm³/mol. The van der Waals surface area contributed by atoms with Crippen LogP contribution in [0.3, 0.4) is 0 Å². The Bertz CT molecular complexity index is 679. The van der Waals surface area contributed by atoms with Gasteiger partial charge in [0.05, 0.1) is 11.4 Å². The third-order valence-corrected chi connectivity index (χ3v) is 2.79. The molecule has 0 saturated heterocycles. The highest BCUT2D eigenvalue weighted by Gasteiger charge is 2.35. The van der Waals surface area contributed by atoms with Crippen LogP contribution >= 0.6 is 0 Å². The second-order valence-corrected chi connectivity index (χ2v) is 4.23. The molecule has 0 aliphatic carbocycles. The standard InChI is InChI=1S/C14H9F3N4/c15-14(16,17)12-9-11(10-5-1-3-7-18-10)21(20-12)13-6-2-4-8-19-13/h1-9H. The molecule has 0 amide bonds. The van der Waals surface area contributed by atoms with Gasteiger partial charge in [-0.05, 0) is 30.3 Å². The zero-order valence-electron chi connectivity index (χ0n) is 10.6. The van der Waals surface area contributed by atoms with Crippen molar-refractivity contribution in [3.05, 3.63) is 60.6 Å². The summed E-state index contributed by atoms with van der Waals surface area (Å²) in [7, 11) is 0. The molecule has 0 aliphatic rings.